The smallest absolute Gasteiger partial charge is 0.149 e. The zero-order chi connectivity index (χ0) is 51.1. The molecule has 0 saturated heterocycles. The Morgan fingerprint density at radius 1 is 0.507 bits per heavy atom. The van der Waals surface area contributed by atoms with Crippen molar-refractivity contribution in [3.8, 4) is 67.5 Å². The van der Waals surface area contributed by atoms with Crippen LogP contribution in [-0.4, -0.2) is 19.6 Å². The fourth-order valence-corrected chi connectivity index (χ4v) is 9.24. The Kier molecular flexibility index (Phi) is 11.5. The molecule has 4 heteroatoms. The Labute approximate surface area is 405 Å². The van der Waals surface area contributed by atoms with Crippen LogP contribution in [0.5, 0.6) is 5.75 Å². The Morgan fingerprint density at radius 3 is 1.81 bits per heavy atom. The molecule has 0 aliphatic rings. The molecule has 4 nitrogen and oxygen atoms in total. The van der Waals surface area contributed by atoms with Gasteiger partial charge in [-0.25, -0.2) is 4.98 Å². The molecule has 6 aromatic carbocycles. The molecule has 2 heterocycles. The van der Waals surface area contributed by atoms with Crippen molar-refractivity contribution in [2.75, 3.05) is 0 Å². The molecule has 0 unspecified atom stereocenters. The highest BCUT2D eigenvalue weighted by Gasteiger charge is 2.27. The van der Waals surface area contributed by atoms with Gasteiger partial charge < -0.3 is 5.11 Å². The van der Waals surface area contributed by atoms with Crippen LogP contribution in [0.3, 0.4) is 0 Å². The third kappa shape index (κ3) is 9.38. The topological polar surface area (TPSA) is 50.9 Å². The lowest BCUT2D eigenvalue weighted by Gasteiger charge is -2.25. The largest absolute Gasteiger partial charge is 0.507 e. The van der Waals surface area contributed by atoms with E-state index in [0.717, 1.165) is 72.5 Å². The van der Waals surface area contributed by atoms with E-state index in [0.29, 0.717) is 22.5 Å². The van der Waals surface area contributed by atoms with Gasteiger partial charge in [0.1, 0.15) is 11.6 Å². The van der Waals surface area contributed by atoms with E-state index in [1.807, 2.05) is 40.0 Å². The fraction of sp³-hybridized carbons (Fsp3) is 0.333. The quantitative estimate of drug-likeness (QED) is 0.157. The molecule has 0 spiro atoms. The van der Waals surface area contributed by atoms with Crippen LogP contribution in [0, 0.1) is 0 Å². The molecular weight excluding hydrogens is 815 g/mol. The number of fused-ring (bicyclic) bond motifs is 1. The van der Waals surface area contributed by atoms with E-state index >= 15 is 0 Å². The number of hydrogen-bond donors (Lipinski definition) is 1. The van der Waals surface area contributed by atoms with Gasteiger partial charge in [-0.15, -0.1) is 0 Å². The van der Waals surface area contributed by atoms with Gasteiger partial charge >= 0.3 is 0 Å². The second-order valence-corrected chi connectivity index (χ2v) is 22.2. The predicted molar refractivity (Wildman–Crippen MR) is 286 cm³/mol. The van der Waals surface area contributed by atoms with Gasteiger partial charge in [-0.05, 0) is 144 Å². The molecule has 0 amide bonds. The van der Waals surface area contributed by atoms with Crippen molar-refractivity contribution in [2.24, 2.45) is 0 Å². The zero-order valence-corrected chi connectivity index (χ0v) is 42.5. The molecule has 0 fully saturated rings. The van der Waals surface area contributed by atoms with E-state index < -0.39 is 17.7 Å². The number of phenolic OH excluding ortho intramolecular Hbond substituents is 1. The number of pyridine rings is 1. The lowest BCUT2D eigenvalue weighted by molar-refractivity contribution is 0.466. The van der Waals surface area contributed by atoms with Crippen LogP contribution in [0.4, 0.5) is 0 Å². The summed E-state index contributed by atoms with van der Waals surface area (Å²) in [5, 5.41) is 12.4. The summed E-state index contributed by atoms with van der Waals surface area (Å²) in [6, 6.07) is 44.5. The molecule has 1 N–H and O–H groups in total. The zero-order valence-electron chi connectivity index (χ0n) is 45.5. The highest BCUT2D eigenvalue weighted by Crippen LogP contribution is 2.45. The number of hydrogen-bond acceptors (Lipinski definition) is 3. The molecule has 0 bridgehead atoms. The molecule has 0 saturated carbocycles. The first-order valence-corrected chi connectivity index (χ1v) is 23.8. The maximum atomic E-state index is 12.4. The van der Waals surface area contributed by atoms with E-state index in [1.54, 1.807) is 19.9 Å². The first-order valence-electron chi connectivity index (χ1n) is 25.3. The van der Waals surface area contributed by atoms with Crippen molar-refractivity contribution in [3.05, 3.63) is 167 Å². The maximum absolute atomic E-state index is 12.4. The van der Waals surface area contributed by atoms with Crippen LogP contribution in [0.25, 0.3) is 72.7 Å². The molecule has 344 valence electrons. The van der Waals surface area contributed by atoms with Crippen LogP contribution < -0.4 is 0 Å². The van der Waals surface area contributed by atoms with Gasteiger partial charge in [0.25, 0.3) is 0 Å². The number of phenols is 1. The van der Waals surface area contributed by atoms with E-state index in [4.69, 9.17) is 9.97 Å². The van der Waals surface area contributed by atoms with E-state index in [1.165, 1.54) is 11.1 Å². The average molecular weight is 889 g/mol. The molecule has 0 aliphatic heterocycles. The first-order chi connectivity index (χ1) is 32.4. The highest BCUT2D eigenvalue weighted by atomic mass is 16.3. The van der Waals surface area contributed by atoms with Crippen LogP contribution in [0.1, 0.15) is 159 Å². The SMILES string of the molecule is [2H]C(C)(C)c1cc(-c2nc3c(-c4cc(-c5cc(-c6ccc(C(C)(C)C)cc6)ccn5)cc(C(C)(C)C)c4)cccc3n2-c2ccc(-c3ccccc3C(C)(C)C)c(C([2H])(C)C)c2)c(O)c(C([2H])(C)C)c1. The van der Waals surface area contributed by atoms with Crippen molar-refractivity contribution in [3.63, 3.8) is 0 Å². The van der Waals surface area contributed by atoms with Crippen molar-refractivity contribution >= 4 is 11.0 Å². The standard InChI is InChI=1S/C63H71N3O/c1-38(2)43-34-53(40(5)6)59(67)54(35-43)60-65-58-49(20-18-22-57(58)66(60)48-27-28-50(52(37-48)39(3)4)51-19-16-17-21-55(51)63(13,14)15)44-31-45(33-47(32-44)62(10,11)12)56-36-42(29-30-64-56)41-23-25-46(26-24-41)61(7,8)9/h16-40,67H,1-15H3/i38D,39D,40D. The summed E-state index contributed by atoms with van der Waals surface area (Å²) in [6.45, 7) is 31.1. The molecule has 8 rings (SSSR count). The second kappa shape index (κ2) is 17.8. The lowest BCUT2D eigenvalue weighted by Crippen LogP contribution is -2.13. The van der Waals surface area contributed by atoms with Crippen LogP contribution in [0.2, 0.25) is 0 Å². The van der Waals surface area contributed by atoms with Crippen molar-refractivity contribution < 1.29 is 9.22 Å². The number of benzene rings is 6. The molecule has 0 radical (unpaired) electrons. The summed E-state index contributed by atoms with van der Waals surface area (Å²) >= 11 is 0. The Bertz CT molecular complexity index is 3260. The molecular formula is C63H71N3O. The van der Waals surface area contributed by atoms with Gasteiger partial charge in [-0.2, -0.15) is 0 Å². The van der Waals surface area contributed by atoms with Gasteiger partial charge in [0, 0.05) is 27.1 Å². The Balaban J connectivity index is 1.42. The maximum Gasteiger partial charge on any atom is 0.149 e. The van der Waals surface area contributed by atoms with E-state index in [2.05, 4.69) is 182 Å². The minimum Gasteiger partial charge on any atom is -0.507 e. The minimum absolute atomic E-state index is 0.0427. The number of nitrogens with zero attached hydrogens (tertiary/aromatic N) is 3. The number of imidazole rings is 1. The molecule has 2 aromatic heterocycles. The van der Waals surface area contributed by atoms with Crippen LogP contribution >= 0.6 is 0 Å². The van der Waals surface area contributed by atoms with E-state index in [9.17, 15) is 9.22 Å². The normalized spacial score (nSPS) is 13.7. The summed E-state index contributed by atoms with van der Waals surface area (Å²) in [5.74, 6) is -2.79. The van der Waals surface area contributed by atoms with Crippen LogP contribution in [-0.2, 0) is 16.2 Å². The van der Waals surface area contributed by atoms with Crippen molar-refractivity contribution in [1.82, 2.24) is 14.5 Å². The number of aromatic nitrogens is 3. The Hall–Kier alpha value is -6.26. The fourth-order valence-electron chi connectivity index (χ4n) is 9.24. The Morgan fingerprint density at radius 2 is 1.16 bits per heavy atom. The summed E-state index contributed by atoms with van der Waals surface area (Å²) in [7, 11) is 0. The number of para-hydroxylation sites is 1. The summed E-state index contributed by atoms with van der Waals surface area (Å²) in [4.78, 5) is 10.5. The summed E-state index contributed by atoms with van der Waals surface area (Å²) in [5.41, 5.74) is 16.1. The molecule has 0 aliphatic carbocycles. The highest BCUT2D eigenvalue weighted by molar-refractivity contribution is 5.97. The van der Waals surface area contributed by atoms with Gasteiger partial charge in [0.2, 0.25) is 0 Å². The third-order valence-corrected chi connectivity index (χ3v) is 13.2. The van der Waals surface area contributed by atoms with E-state index in [-0.39, 0.29) is 22.0 Å². The number of aromatic hydroxyl groups is 1. The van der Waals surface area contributed by atoms with Crippen LogP contribution in [0.15, 0.2) is 134 Å². The average Bonchev–Trinajstić information content (AvgIpc) is 3.66. The monoisotopic (exact) mass is 889 g/mol. The molecule has 8 aromatic rings. The predicted octanol–water partition coefficient (Wildman–Crippen LogP) is 17.7. The van der Waals surface area contributed by atoms with Crippen molar-refractivity contribution in [1.29, 1.82) is 0 Å². The molecule has 67 heavy (non-hydrogen) atoms. The molecule has 0 atom stereocenters. The third-order valence-electron chi connectivity index (χ3n) is 13.2. The second-order valence-electron chi connectivity index (χ2n) is 22.2. The van der Waals surface area contributed by atoms with Gasteiger partial charge in [0.05, 0.1) is 22.3 Å². The minimum atomic E-state index is -1.18. The summed E-state index contributed by atoms with van der Waals surface area (Å²) < 4.78 is 30.1. The van der Waals surface area contributed by atoms with Gasteiger partial charge in [-0.1, -0.05) is 183 Å². The first kappa shape index (κ1) is 43.3. The lowest BCUT2D eigenvalue weighted by atomic mass is 9.80. The summed E-state index contributed by atoms with van der Waals surface area (Å²) in [6.07, 6.45) is 1.89. The van der Waals surface area contributed by atoms with Gasteiger partial charge in [0.15, 0.2) is 0 Å². The van der Waals surface area contributed by atoms with Gasteiger partial charge in [-0.3, -0.25) is 9.55 Å². The van der Waals surface area contributed by atoms with Crippen molar-refractivity contribution in [2.45, 2.75) is 138 Å². The number of rotatable bonds is 9.